The van der Waals surface area contributed by atoms with Crippen LogP contribution in [0, 0.1) is 6.92 Å². The molecule has 0 unspecified atom stereocenters. The first-order chi connectivity index (χ1) is 12.9. The molecule has 0 aliphatic rings. The van der Waals surface area contributed by atoms with Gasteiger partial charge in [-0.3, -0.25) is 14.2 Å². The van der Waals surface area contributed by atoms with E-state index in [0.29, 0.717) is 37.7 Å². The van der Waals surface area contributed by atoms with E-state index < -0.39 is 0 Å². The van der Waals surface area contributed by atoms with Gasteiger partial charge in [-0.15, -0.1) is 17.9 Å². The van der Waals surface area contributed by atoms with Crippen molar-refractivity contribution in [3.8, 4) is 0 Å². The number of thiophene rings is 1. The summed E-state index contributed by atoms with van der Waals surface area (Å²) in [4.78, 5) is 31.2. The summed E-state index contributed by atoms with van der Waals surface area (Å²) in [7, 11) is 0. The predicted molar refractivity (Wildman–Crippen MR) is 115 cm³/mol. The van der Waals surface area contributed by atoms with E-state index in [1.165, 1.54) is 27.7 Å². The summed E-state index contributed by atoms with van der Waals surface area (Å²) in [6, 6.07) is 6.67. The number of thioether (sulfide) groups is 1. The number of benzene rings is 1. The van der Waals surface area contributed by atoms with Gasteiger partial charge in [-0.2, -0.15) is 0 Å². The summed E-state index contributed by atoms with van der Waals surface area (Å²) in [5.74, 6) is -0.200. The van der Waals surface area contributed by atoms with Crippen LogP contribution < -0.4 is 10.9 Å². The van der Waals surface area contributed by atoms with E-state index in [9.17, 15) is 9.59 Å². The third-order valence-electron chi connectivity index (χ3n) is 3.59. The van der Waals surface area contributed by atoms with Gasteiger partial charge in [0.25, 0.3) is 5.56 Å². The highest BCUT2D eigenvalue weighted by Crippen LogP contribution is 2.27. The van der Waals surface area contributed by atoms with Gasteiger partial charge in [-0.05, 0) is 31.2 Å². The molecule has 0 spiro atoms. The van der Waals surface area contributed by atoms with Crippen LogP contribution in [0.5, 0.6) is 0 Å². The van der Waals surface area contributed by atoms with E-state index in [-0.39, 0.29) is 17.2 Å². The number of nitrogens with one attached hydrogen (secondary N) is 1. The lowest BCUT2D eigenvalue weighted by molar-refractivity contribution is -0.113. The number of hydrogen-bond donors (Lipinski definition) is 1. The molecule has 3 rings (SSSR count). The summed E-state index contributed by atoms with van der Waals surface area (Å²) in [5.41, 5.74) is 0.306. The number of halogens is 2. The van der Waals surface area contributed by atoms with Gasteiger partial charge < -0.3 is 5.32 Å². The van der Waals surface area contributed by atoms with Crippen molar-refractivity contribution in [1.29, 1.82) is 0 Å². The smallest absolute Gasteiger partial charge is 0.263 e. The molecule has 9 heteroatoms. The number of carbonyl (C=O) groups is 1. The normalized spacial score (nSPS) is 10.9. The van der Waals surface area contributed by atoms with E-state index in [0.717, 1.165) is 4.88 Å². The van der Waals surface area contributed by atoms with E-state index in [1.807, 2.05) is 13.0 Å². The van der Waals surface area contributed by atoms with Crippen LogP contribution in [-0.4, -0.2) is 21.2 Å². The Balaban J connectivity index is 1.82. The Hall–Kier alpha value is -1.80. The second kappa shape index (κ2) is 8.48. The lowest BCUT2D eigenvalue weighted by atomic mass is 10.3. The number of allylic oxidation sites excluding steroid dienone is 1. The number of carbonyl (C=O) groups excluding carboxylic acids is 1. The first-order valence-corrected chi connectivity index (χ1v) is 10.4. The van der Waals surface area contributed by atoms with Crippen molar-refractivity contribution < 1.29 is 4.79 Å². The topological polar surface area (TPSA) is 64.0 Å². The Morgan fingerprint density at radius 2 is 2.19 bits per heavy atom. The molecule has 1 N–H and O–H groups in total. The number of aromatic nitrogens is 2. The van der Waals surface area contributed by atoms with Gasteiger partial charge in [0.05, 0.1) is 21.8 Å². The van der Waals surface area contributed by atoms with Crippen LogP contribution in [-0.2, 0) is 11.3 Å². The summed E-state index contributed by atoms with van der Waals surface area (Å²) < 4.78 is 1.52. The molecule has 0 bridgehead atoms. The van der Waals surface area contributed by atoms with Crippen molar-refractivity contribution in [2.75, 3.05) is 11.1 Å². The van der Waals surface area contributed by atoms with Crippen molar-refractivity contribution in [1.82, 2.24) is 9.55 Å². The third kappa shape index (κ3) is 4.55. The SMILES string of the molecule is C=CCn1c(SCC(=O)Nc2cc(Cl)ccc2Cl)nc2sc(C)cc2c1=O. The number of anilines is 1. The zero-order chi connectivity index (χ0) is 19.6. The maximum absolute atomic E-state index is 12.7. The third-order valence-corrected chi connectivity index (χ3v) is 6.07. The van der Waals surface area contributed by atoms with E-state index >= 15 is 0 Å². The fraction of sp³-hybridized carbons (Fsp3) is 0.167. The van der Waals surface area contributed by atoms with Gasteiger partial charge in [0, 0.05) is 16.4 Å². The van der Waals surface area contributed by atoms with Crippen LogP contribution >= 0.6 is 46.3 Å². The van der Waals surface area contributed by atoms with Crippen molar-refractivity contribution >= 4 is 68.1 Å². The summed E-state index contributed by atoms with van der Waals surface area (Å²) in [5, 5.41) is 4.65. The minimum Gasteiger partial charge on any atom is -0.324 e. The van der Waals surface area contributed by atoms with Gasteiger partial charge in [0.1, 0.15) is 4.83 Å². The van der Waals surface area contributed by atoms with Crippen LogP contribution in [0.25, 0.3) is 10.2 Å². The molecular formula is C18H15Cl2N3O2S2. The molecule has 2 heterocycles. The number of fused-ring (bicyclic) bond motifs is 1. The number of amides is 1. The van der Waals surface area contributed by atoms with Gasteiger partial charge in [0.15, 0.2) is 5.16 Å². The van der Waals surface area contributed by atoms with Crippen LogP contribution in [0.2, 0.25) is 10.0 Å². The Morgan fingerprint density at radius 3 is 2.93 bits per heavy atom. The Bertz CT molecular complexity index is 1090. The summed E-state index contributed by atoms with van der Waals surface area (Å²) in [6.45, 7) is 5.94. The maximum Gasteiger partial charge on any atom is 0.263 e. The molecule has 27 heavy (non-hydrogen) atoms. The molecule has 0 aliphatic heterocycles. The van der Waals surface area contributed by atoms with Crippen molar-refractivity contribution in [3.05, 3.63) is 62.2 Å². The molecule has 0 fully saturated rings. The number of rotatable bonds is 6. The number of aryl methyl sites for hydroxylation is 1. The molecule has 3 aromatic rings. The fourth-order valence-corrected chi connectivity index (χ4v) is 4.49. The first kappa shape index (κ1) is 19.9. The van der Waals surface area contributed by atoms with E-state index in [2.05, 4.69) is 16.9 Å². The highest BCUT2D eigenvalue weighted by atomic mass is 35.5. The van der Waals surface area contributed by atoms with Crippen molar-refractivity contribution in [3.63, 3.8) is 0 Å². The Kier molecular flexibility index (Phi) is 6.26. The lowest BCUT2D eigenvalue weighted by Gasteiger charge is -2.11. The fourth-order valence-electron chi connectivity index (χ4n) is 2.43. The average Bonchev–Trinajstić information content (AvgIpc) is 3.00. The number of hydrogen-bond acceptors (Lipinski definition) is 5. The van der Waals surface area contributed by atoms with Crippen LogP contribution in [0.3, 0.4) is 0 Å². The molecule has 140 valence electrons. The second-order valence-corrected chi connectivity index (χ2v) is 8.66. The molecule has 0 saturated carbocycles. The molecule has 0 atom stereocenters. The zero-order valence-corrected chi connectivity index (χ0v) is 17.4. The van der Waals surface area contributed by atoms with Crippen molar-refractivity contribution in [2.24, 2.45) is 0 Å². The van der Waals surface area contributed by atoms with Gasteiger partial charge >= 0.3 is 0 Å². The highest BCUT2D eigenvalue weighted by Gasteiger charge is 2.15. The highest BCUT2D eigenvalue weighted by molar-refractivity contribution is 7.99. The standard InChI is InChI=1S/C18H15Cl2N3O2S2/c1-3-6-23-17(25)12-7-10(2)27-16(12)22-18(23)26-9-15(24)21-14-8-11(19)4-5-13(14)20/h3-5,7-8H,1,6,9H2,2H3,(H,21,24). The Labute approximate surface area is 174 Å². The lowest BCUT2D eigenvalue weighted by Crippen LogP contribution is -2.23. The molecule has 0 radical (unpaired) electrons. The molecule has 1 aromatic carbocycles. The largest absolute Gasteiger partial charge is 0.324 e. The second-order valence-electron chi connectivity index (χ2n) is 5.64. The van der Waals surface area contributed by atoms with E-state index in [4.69, 9.17) is 23.2 Å². The maximum atomic E-state index is 12.7. The minimum absolute atomic E-state index is 0.0717. The zero-order valence-electron chi connectivity index (χ0n) is 14.3. The number of nitrogens with zero attached hydrogens (tertiary/aromatic N) is 2. The molecule has 0 aliphatic carbocycles. The van der Waals surface area contributed by atoms with Crippen LogP contribution in [0.1, 0.15) is 4.88 Å². The van der Waals surface area contributed by atoms with Gasteiger partial charge in [-0.25, -0.2) is 4.98 Å². The first-order valence-electron chi connectivity index (χ1n) is 7.88. The van der Waals surface area contributed by atoms with Gasteiger partial charge in [-0.1, -0.05) is 41.0 Å². The minimum atomic E-state index is -0.272. The van der Waals surface area contributed by atoms with E-state index in [1.54, 1.807) is 24.3 Å². The quantitative estimate of drug-likeness (QED) is 0.333. The molecule has 0 saturated heterocycles. The van der Waals surface area contributed by atoms with Crippen molar-refractivity contribution in [2.45, 2.75) is 18.6 Å². The van der Waals surface area contributed by atoms with Gasteiger partial charge in [0.2, 0.25) is 5.91 Å². The van der Waals surface area contributed by atoms with Crippen LogP contribution in [0.15, 0.2) is 46.9 Å². The van der Waals surface area contributed by atoms with Crippen LogP contribution in [0.4, 0.5) is 5.69 Å². The summed E-state index contributed by atoms with van der Waals surface area (Å²) >= 11 is 14.6. The average molecular weight is 440 g/mol. The predicted octanol–water partition coefficient (Wildman–Crippen LogP) is 4.99. The molecular weight excluding hydrogens is 425 g/mol. The monoisotopic (exact) mass is 439 g/mol. The summed E-state index contributed by atoms with van der Waals surface area (Å²) in [6.07, 6.45) is 1.63. The Morgan fingerprint density at radius 1 is 1.41 bits per heavy atom. The molecule has 5 nitrogen and oxygen atoms in total. The molecule has 2 aromatic heterocycles. The molecule has 1 amide bonds.